The van der Waals surface area contributed by atoms with Gasteiger partial charge in [0.15, 0.2) is 0 Å². The van der Waals surface area contributed by atoms with Crippen LogP contribution >= 0.6 is 0 Å². The van der Waals surface area contributed by atoms with Crippen LogP contribution in [0, 0.1) is 0 Å². The number of anilines is 1. The molecule has 24 heavy (non-hydrogen) atoms. The van der Waals surface area contributed by atoms with Gasteiger partial charge < -0.3 is 10.6 Å². The summed E-state index contributed by atoms with van der Waals surface area (Å²) in [6, 6.07) is 9.21. The number of rotatable bonds is 6. The highest BCUT2D eigenvalue weighted by Gasteiger charge is 2.11. The number of aromatic nitrogens is 1. The molecule has 0 unspecified atom stereocenters. The van der Waals surface area contributed by atoms with E-state index in [1.54, 1.807) is 6.08 Å². The van der Waals surface area contributed by atoms with Gasteiger partial charge in [0, 0.05) is 24.6 Å². The van der Waals surface area contributed by atoms with Gasteiger partial charge in [-0.2, -0.15) is 0 Å². The fraction of sp³-hybridized carbons (Fsp3) is 0.211. The van der Waals surface area contributed by atoms with Crippen molar-refractivity contribution in [3.63, 3.8) is 0 Å². The number of pyridine rings is 1. The smallest absolute Gasteiger partial charge is 0.257 e. The van der Waals surface area contributed by atoms with E-state index in [0.717, 1.165) is 0 Å². The van der Waals surface area contributed by atoms with Crippen LogP contribution in [0.3, 0.4) is 0 Å². The average molecular weight is 323 g/mol. The highest BCUT2D eigenvalue weighted by molar-refractivity contribution is 6.05. The number of carbonyl (C=O) groups excluding carboxylic acids is 2. The third-order valence-electron chi connectivity index (χ3n) is 3.50. The highest BCUT2D eigenvalue weighted by atomic mass is 16.2. The summed E-state index contributed by atoms with van der Waals surface area (Å²) in [6.45, 7) is 8.13. The van der Waals surface area contributed by atoms with Crippen molar-refractivity contribution in [2.75, 3.05) is 11.9 Å². The fourth-order valence-electron chi connectivity index (χ4n) is 2.11. The van der Waals surface area contributed by atoms with E-state index < -0.39 is 0 Å². The maximum absolute atomic E-state index is 12.3. The Hall–Kier alpha value is -2.95. The molecule has 0 aliphatic heterocycles. The van der Waals surface area contributed by atoms with Gasteiger partial charge in [0.2, 0.25) is 0 Å². The van der Waals surface area contributed by atoms with Gasteiger partial charge in [-0.1, -0.05) is 32.1 Å². The molecule has 2 N–H and O–H groups in total. The molecule has 0 aliphatic carbocycles. The van der Waals surface area contributed by atoms with Crippen LogP contribution in [0.25, 0.3) is 0 Å². The monoisotopic (exact) mass is 323 g/mol. The van der Waals surface area contributed by atoms with Crippen molar-refractivity contribution < 1.29 is 9.59 Å². The topological polar surface area (TPSA) is 71.1 Å². The summed E-state index contributed by atoms with van der Waals surface area (Å²) in [5, 5.41) is 5.46. The van der Waals surface area contributed by atoms with E-state index in [2.05, 4.69) is 36.0 Å². The Bertz CT molecular complexity index is 737. The van der Waals surface area contributed by atoms with Gasteiger partial charge >= 0.3 is 0 Å². The van der Waals surface area contributed by atoms with Crippen molar-refractivity contribution >= 4 is 17.5 Å². The van der Waals surface area contributed by atoms with Crippen molar-refractivity contribution in [3.8, 4) is 0 Å². The standard InChI is InChI=1S/C19H21N3O2/c1-4-9-21-18(23)15-10-16(12-20-11-15)19(24)22-17-7-5-14(6-8-17)13(2)3/h4-8,10-13H,1,9H2,2-3H3,(H,21,23)(H,22,24). The summed E-state index contributed by atoms with van der Waals surface area (Å²) in [6.07, 6.45) is 4.44. The normalized spacial score (nSPS) is 10.3. The highest BCUT2D eigenvalue weighted by Crippen LogP contribution is 2.17. The molecule has 0 radical (unpaired) electrons. The second kappa shape index (κ2) is 8.06. The lowest BCUT2D eigenvalue weighted by Gasteiger charge is -2.09. The molecule has 2 aromatic rings. The van der Waals surface area contributed by atoms with E-state index in [1.807, 2.05) is 24.3 Å². The molecule has 0 aliphatic rings. The summed E-state index contributed by atoms with van der Waals surface area (Å²) >= 11 is 0. The molecular weight excluding hydrogens is 302 g/mol. The minimum Gasteiger partial charge on any atom is -0.349 e. The van der Waals surface area contributed by atoms with Crippen LogP contribution in [0.1, 0.15) is 46.0 Å². The molecular formula is C19H21N3O2. The number of hydrogen-bond donors (Lipinski definition) is 2. The van der Waals surface area contributed by atoms with E-state index >= 15 is 0 Å². The van der Waals surface area contributed by atoms with Gasteiger partial charge in [-0.05, 0) is 29.7 Å². The van der Waals surface area contributed by atoms with E-state index in [4.69, 9.17) is 0 Å². The average Bonchev–Trinajstić information content (AvgIpc) is 2.60. The van der Waals surface area contributed by atoms with Crippen LogP contribution in [-0.2, 0) is 0 Å². The SMILES string of the molecule is C=CCNC(=O)c1cncc(C(=O)Nc2ccc(C(C)C)cc2)c1. The molecule has 5 nitrogen and oxygen atoms in total. The first-order valence-electron chi connectivity index (χ1n) is 7.76. The van der Waals surface area contributed by atoms with E-state index in [-0.39, 0.29) is 11.8 Å². The molecule has 0 saturated carbocycles. The Morgan fingerprint density at radius 1 is 1.12 bits per heavy atom. The number of amides is 2. The predicted molar refractivity (Wildman–Crippen MR) is 95.3 cm³/mol. The molecule has 1 aromatic heterocycles. The quantitative estimate of drug-likeness (QED) is 0.801. The number of nitrogens with zero attached hydrogens (tertiary/aromatic N) is 1. The summed E-state index contributed by atoms with van der Waals surface area (Å²) in [5.74, 6) is -0.166. The maximum atomic E-state index is 12.3. The molecule has 0 atom stereocenters. The Balaban J connectivity index is 2.09. The van der Waals surface area contributed by atoms with Crippen LogP contribution in [0.15, 0.2) is 55.4 Å². The van der Waals surface area contributed by atoms with Crippen LogP contribution in [0.2, 0.25) is 0 Å². The van der Waals surface area contributed by atoms with E-state index in [9.17, 15) is 9.59 Å². The fourth-order valence-corrected chi connectivity index (χ4v) is 2.11. The third kappa shape index (κ3) is 4.52. The molecule has 0 bridgehead atoms. The maximum Gasteiger partial charge on any atom is 0.257 e. The van der Waals surface area contributed by atoms with Gasteiger partial charge in [0.1, 0.15) is 0 Å². The van der Waals surface area contributed by atoms with Crippen molar-refractivity contribution in [1.29, 1.82) is 0 Å². The number of benzene rings is 1. The zero-order chi connectivity index (χ0) is 17.5. The lowest BCUT2D eigenvalue weighted by molar-refractivity contribution is 0.0957. The van der Waals surface area contributed by atoms with Gasteiger partial charge in [0.25, 0.3) is 11.8 Å². The molecule has 2 amide bonds. The van der Waals surface area contributed by atoms with Crippen LogP contribution in [-0.4, -0.2) is 23.3 Å². The Morgan fingerprint density at radius 2 is 1.75 bits per heavy atom. The molecule has 0 fully saturated rings. The summed E-state index contributed by atoms with van der Waals surface area (Å²) < 4.78 is 0. The zero-order valence-corrected chi connectivity index (χ0v) is 13.9. The number of nitrogens with one attached hydrogen (secondary N) is 2. The second-order valence-electron chi connectivity index (χ2n) is 5.69. The molecule has 0 saturated heterocycles. The molecule has 2 rings (SSSR count). The molecule has 1 aromatic carbocycles. The van der Waals surface area contributed by atoms with Gasteiger partial charge in [-0.15, -0.1) is 6.58 Å². The third-order valence-corrected chi connectivity index (χ3v) is 3.50. The first-order chi connectivity index (χ1) is 11.5. The summed E-state index contributed by atoms with van der Waals surface area (Å²) in [7, 11) is 0. The Morgan fingerprint density at radius 3 is 2.33 bits per heavy atom. The van der Waals surface area contributed by atoms with Gasteiger partial charge in [-0.25, -0.2) is 0 Å². The van der Waals surface area contributed by atoms with Crippen LogP contribution < -0.4 is 10.6 Å². The zero-order valence-electron chi connectivity index (χ0n) is 13.9. The summed E-state index contributed by atoms with van der Waals surface area (Å²) in [4.78, 5) is 28.2. The van der Waals surface area contributed by atoms with E-state index in [1.165, 1.54) is 24.0 Å². The minimum atomic E-state index is -0.307. The minimum absolute atomic E-state index is 0.293. The van der Waals surface area contributed by atoms with Crippen molar-refractivity contribution in [1.82, 2.24) is 10.3 Å². The first-order valence-corrected chi connectivity index (χ1v) is 7.76. The Labute approximate surface area is 141 Å². The van der Waals surface area contributed by atoms with Crippen molar-refractivity contribution in [2.24, 2.45) is 0 Å². The number of hydrogen-bond acceptors (Lipinski definition) is 3. The predicted octanol–water partition coefficient (Wildman–Crippen LogP) is 3.37. The largest absolute Gasteiger partial charge is 0.349 e. The second-order valence-corrected chi connectivity index (χ2v) is 5.69. The lowest BCUT2D eigenvalue weighted by Crippen LogP contribution is -2.24. The van der Waals surface area contributed by atoms with Gasteiger partial charge in [-0.3, -0.25) is 14.6 Å². The van der Waals surface area contributed by atoms with Crippen molar-refractivity contribution in [3.05, 3.63) is 72.1 Å². The van der Waals surface area contributed by atoms with Crippen LogP contribution in [0.4, 0.5) is 5.69 Å². The Kier molecular flexibility index (Phi) is 5.84. The number of carbonyl (C=O) groups is 2. The van der Waals surface area contributed by atoms with E-state index in [0.29, 0.717) is 29.3 Å². The lowest BCUT2D eigenvalue weighted by atomic mass is 10.0. The van der Waals surface area contributed by atoms with Crippen LogP contribution in [0.5, 0.6) is 0 Å². The van der Waals surface area contributed by atoms with Gasteiger partial charge in [0.05, 0.1) is 11.1 Å². The van der Waals surface area contributed by atoms with Crippen molar-refractivity contribution in [2.45, 2.75) is 19.8 Å². The molecule has 1 heterocycles. The summed E-state index contributed by atoms with van der Waals surface area (Å²) in [5.41, 5.74) is 2.57. The molecule has 0 spiro atoms. The first kappa shape index (κ1) is 17.4. The molecule has 124 valence electrons. The molecule has 5 heteroatoms.